The fourth-order valence-corrected chi connectivity index (χ4v) is 0.789. The summed E-state index contributed by atoms with van der Waals surface area (Å²) in [4.78, 5) is 0. The maximum absolute atomic E-state index is 10.5. The maximum Gasteiger partial charge on any atom is 0.153 e. The lowest BCUT2D eigenvalue weighted by Gasteiger charge is -1.90. The Hall–Kier alpha value is -0.310. The molecular weight excluding hydrogens is 124 g/mol. The quantitative estimate of drug-likeness (QED) is 0.523. The Bertz CT molecular complexity index is 155. The molecule has 0 bridgehead atoms. The molecule has 2 nitrogen and oxygen atoms in total. The Morgan fingerprint density at radius 1 is 1.50 bits per heavy atom. The van der Waals surface area contributed by atoms with Gasteiger partial charge in [-0.3, -0.25) is 0 Å². The highest BCUT2D eigenvalue weighted by Gasteiger charge is 2.01. The van der Waals surface area contributed by atoms with Gasteiger partial charge in [0, 0.05) is 0 Å². The average molecular weight is 133 g/mol. The first-order valence-electron chi connectivity index (χ1n) is 2.23. The summed E-state index contributed by atoms with van der Waals surface area (Å²) >= 11 is 0. The lowest BCUT2D eigenvalue weighted by Crippen LogP contribution is -2.05. The zero-order valence-corrected chi connectivity index (χ0v) is 5.45. The molecule has 0 aliphatic rings. The van der Waals surface area contributed by atoms with Gasteiger partial charge in [-0.25, -0.2) is 8.42 Å². The lowest BCUT2D eigenvalue weighted by molar-refractivity contribution is 0.601. The van der Waals surface area contributed by atoms with E-state index in [2.05, 4.69) is 13.5 Å². The number of hydrogen-bond donors (Lipinski definition) is 0. The van der Waals surface area contributed by atoms with E-state index >= 15 is 0 Å². The third-order valence-electron chi connectivity index (χ3n) is 0.683. The van der Waals surface area contributed by atoms with Crippen LogP contribution >= 0.6 is 0 Å². The van der Waals surface area contributed by atoms with Gasteiger partial charge < -0.3 is 0 Å². The molecule has 0 fully saturated rings. The lowest BCUT2D eigenvalue weighted by atomic mass is 10.8. The second-order valence-corrected chi connectivity index (χ2v) is 3.63. The molecule has 0 amide bonds. The zero-order chi connectivity index (χ0) is 6.62. The topological polar surface area (TPSA) is 34.1 Å². The van der Waals surface area contributed by atoms with E-state index in [0.29, 0.717) is 0 Å². The summed E-state index contributed by atoms with van der Waals surface area (Å²) in [6.07, 6.45) is 1.36. The summed E-state index contributed by atoms with van der Waals surface area (Å²) in [7, 11) is -2.90. The Kier molecular flexibility index (Phi) is 2.76. The number of hydrogen-bond acceptors (Lipinski definition) is 2. The SMILES string of the molecule is [CH2]CS(=O)(=O)CC=C. The van der Waals surface area contributed by atoms with Crippen molar-refractivity contribution in [1.29, 1.82) is 0 Å². The van der Waals surface area contributed by atoms with Gasteiger partial charge in [-0.05, 0) is 6.92 Å². The first-order valence-corrected chi connectivity index (χ1v) is 4.05. The van der Waals surface area contributed by atoms with Crippen LogP contribution in [-0.4, -0.2) is 19.9 Å². The van der Waals surface area contributed by atoms with Gasteiger partial charge in [0.1, 0.15) is 0 Å². The minimum absolute atomic E-state index is 0.0382. The molecule has 0 aromatic rings. The van der Waals surface area contributed by atoms with Crippen molar-refractivity contribution < 1.29 is 8.42 Å². The molecule has 0 saturated heterocycles. The van der Waals surface area contributed by atoms with Crippen LogP contribution in [0.3, 0.4) is 0 Å². The van der Waals surface area contributed by atoms with E-state index in [-0.39, 0.29) is 11.5 Å². The minimum Gasteiger partial charge on any atom is -0.229 e. The van der Waals surface area contributed by atoms with E-state index in [1.54, 1.807) is 0 Å². The smallest absolute Gasteiger partial charge is 0.153 e. The standard InChI is InChI=1S/C5H9O2S/c1-3-5-8(6,7)4-2/h3H,1-2,4-5H2. The van der Waals surface area contributed by atoms with E-state index < -0.39 is 9.84 Å². The first kappa shape index (κ1) is 7.69. The molecule has 0 aliphatic carbocycles. The van der Waals surface area contributed by atoms with Crippen molar-refractivity contribution >= 4 is 9.84 Å². The Labute approximate surface area is 50.1 Å². The predicted molar refractivity (Wildman–Crippen MR) is 34.2 cm³/mol. The molecule has 0 unspecified atom stereocenters. The van der Waals surface area contributed by atoms with Crippen molar-refractivity contribution in [1.82, 2.24) is 0 Å². The van der Waals surface area contributed by atoms with E-state index in [1.807, 2.05) is 0 Å². The van der Waals surface area contributed by atoms with E-state index in [9.17, 15) is 8.42 Å². The fraction of sp³-hybridized carbons (Fsp3) is 0.400. The summed E-state index contributed by atoms with van der Waals surface area (Å²) in [5, 5.41) is 0. The highest BCUT2D eigenvalue weighted by atomic mass is 32.2. The summed E-state index contributed by atoms with van der Waals surface area (Å²) in [5.74, 6) is -0.00444. The third kappa shape index (κ3) is 2.80. The van der Waals surface area contributed by atoms with Gasteiger partial charge in [0.25, 0.3) is 0 Å². The molecule has 8 heavy (non-hydrogen) atoms. The van der Waals surface area contributed by atoms with Gasteiger partial charge in [0.15, 0.2) is 9.84 Å². The first-order chi connectivity index (χ1) is 3.62. The molecular formula is C5H9O2S. The third-order valence-corrected chi connectivity index (χ3v) is 2.05. The summed E-state index contributed by atoms with van der Waals surface area (Å²) in [5.41, 5.74) is 0. The zero-order valence-electron chi connectivity index (χ0n) is 4.63. The molecule has 0 saturated carbocycles. The van der Waals surface area contributed by atoms with Crippen molar-refractivity contribution in [2.24, 2.45) is 0 Å². The Morgan fingerprint density at radius 2 is 2.00 bits per heavy atom. The van der Waals surface area contributed by atoms with Gasteiger partial charge >= 0.3 is 0 Å². The average Bonchev–Trinajstić information content (AvgIpc) is 1.67. The highest BCUT2D eigenvalue weighted by Crippen LogP contribution is 1.86. The molecule has 0 rings (SSSR count). The summed E-state index contributed by atoms with van der Waals surface area (Å²) in [6.45, 7) is 6.53. The van der Waals surface area contributed by atoms with Gasteiger partial charge in [-0.1, -0.05) is 6.08 Å². The molecule has 3 heteroatoms. The van der Waals surface area contributed by atoms with E-state index in [0.717, 1.165) is 0 Å². The molecule has 0 aromatic carbocycles. The van der Waals surface area contributed by atoms with E-state index in [1.165, 1.54) is 6.08 Å². The van der Waals surface area contributed by atoms with Gasteiger partial charge in [-0.2, -0.15) is 0 Å². The summed E-state index contributed by atoms with van der Waals surface area (Å²) < 4.78 is 20.9. The highest BCUT2D eigenvalue weighted by molar-refractivity contribution is 7.91. The molecule has 1 radical (unpaired) electrons. The van der Waals surface area contributed by atoms with Gasteiger partial charge in [0.05, 0.1) is 11.5 Å². The normalized spacial score (nSPS) is 11.1. The van der Waals surface area contributed by atoms with E-state index in [4.69, 9.17) is 0 Å². The molecule has 0 heterocycles. The number of sulfone groups is 1. The predicted octanol–water partition coefficient (Wildman–Crippen LogP) is 0.421. The molecule has 0 aromatic heterocycles. The van der Waals surface area contributed by atoms with Crippen LogP contribution in [0, 0.1) is 6.92 Å². The largest absolute Gasteiger partial charge is 0.229 e. The van der Waals surface area contributed by atoms with Crippen molar-refractivity contribution in [3.8, 4) is 0 Å². The molecule has 0 atom stereocenters. The molecule has 0 spiro atoms. The maximum atomic E-state index is 10.5. The fourth-order valence-electron chi connectivity index (χ4n) is 0.263. The Balaban J connectivity index is 3.94. The van der Waals surface area contributed by atoms with Crippen LogP contribution in [0.4, 0.5) is 0 Å². The van der Waals surface area contributed by atoms with Gasteiger partial charge in [-0.15, -0.1) is 6.58 Å². The molecule has 0 aliphatic heterocycles. The van der Waals surface area contributed by atoms with Crippen LogP contribution in [0.2, 0.25) is 0 Å². The van der Waals surface area contributed by atoms with Crippen molar-refractivity contribution in [2.75, 3.05) is 11.5 Å². The van der Waals surface area contributed by atoms with Crippen molar-refractivity contribution in [3.05, 3.63) is 19.6 Å². The van der Waals surface area contributed by atoms with Crippen LogP contribution in [0.5, 0.6) is 0 Å². The van der Waals surface area contributed by atoms with Crippen molar-refractivity contribution in [2.45, 2.75) is 0 Å². The second kappa shape index (κ2) is 2.87. The van der Waals surface area contributed by atoms with Crippen molar-refractivity contribution in [3.63, 3.8) is 0 Å². The summed E-state index contributed by atoms with van der Waals surface area (Å²) in [6, 6.07) is 0. The Morgan fingerprint density at radius 3 is 2.12 bits per heavy atom. The second-order valence-electron chi connectivity index (χ2n) is 1.40. The minimum atomic E-state index is -2.90. The van der Waals surface area contributed by atoms with Crippen LogP contribution < -0.4 is 0 Å². The monoisotopic (exact) mass is 133 g/mol. The van der Waals surface area contributed by atoms with Crippen LogP contribution in [0.1, 0.15) is 0 Å². The van der Waals surface area contributed by atoms with Gasteiger partial charge in [0.2, 0.25) is 0 Å². The van der Waals surface area contributed by atoms with Crippen LogP contribution in [0.15, 0.2) is 12.7 Å². The van der Waals surface area contributed by atoms with Crippen LogP contribution in [-0.2, 0) is 9.84 Å². The van der Waals surface area contributed by atoms with Crippen LogP contribution in [0.25, 0.3) is 0 Å². The number of rotatable bonds is 3. The molecule has 47 valence electrons. The molecule has 0 N–H and O–H groups in total.